The van der Waals surface area contributed by atoms with Gasteiger partial charge in [-0.2, -0.15) is 0 Å². The molecule has 0 bridgehead atoms. The van der Waals surface area contributed by atoms with Gasteiger partial charge in [0.05, 0.1) is 7.11 Å². The molecule has 0 aromatic carbocycles. The molecule has 1 aromatic rings. The number of Topliss-reactive ketones (excluding diaryl/α,β-unsaturated/α-hetero) is 1. The minimum Gasteiger partial charge on any atom is -0.479 e. The van der Waals surface area contributed by atoms with Gasteiger partial charge in [-0.15, -0.1) is 0 Å². The van der Waals surface area contributed by atoms with Gasteiger partial charge >= 0.3 is 0 Å². The van der Waals surface area contributed by atoms with Gasteiger partial charge in [0.25, 0.3) is 0 Å². The van der Waals surface area contributed by atoms with E-state index < -0.39 is 0 Å². The monoisotopic (exact) mass is 235 g/mol. The summed E-state index contributed by atoms with van der Waals surface area (Å²) >= 11 is 0. The topological polar surface area (TPSA) is 64.1 Å². The molecule has 1 aliphatic heterocycles. The minimum absolute atomic E-state index is 0.0173. The lowest BCUT2D eigenvalue weighted by Crippen LogP contribution is -2.31. The van der Waals surface area contributed by atoms with E-state index >= 15 is 0 Å². The van der Waals surface area contributed by atoms with Crippen molar-refractivity contribution in [3.05, 3.63) is 18.1 Å². The fraction of sp³-hybridized carbons (Fsp3) is 0.583. The lowest BCUT2D eigenvalue weighted by molar-refractivity contribution is 0.0944. The zero-order valence-electron chi connectivity index (χ0n) is 9.98. The third-order valence-corrected chi connectivity index (χ3v) is 3.00. The van der Waals surface area contributed by atoms with Crippen molar-refractivity contribution in [2.45, 2.75) is 19.3 Å². The van der Waals surface area contributed by atoms with Crippen LogP contribution >= 0.6 is 0 Å². The molecule has 0 spiro atoms. The molecule has 92 valence electrons. The highest BCUT2D eigenvalue weighted by Gasteiger charge is 2.21. The maximum atomic E-state index is 12.1. The quantitative estimate of drug-likeness (QED) is 0.790. The van der Waals surface area contributed by atoms with E-state index in [1.165, 1.54) is 19.5 Å². The van der Waals surface area contributed by atoms with E-state index in [0.717, 1.165) is 25.9 Å². The van der Waals surface area contributed by atoms with Crippen molar-refractivity contribution >= 4 is 5.78 Å². The number of ketones is 1. The largest absolute Gasteiger partial charge is 0.479 e. The summed E-state index contributed by atoms with van der Waals surface area (Å²) in [6, 6.07) is 0. The summed E-state index contributed by atoms with van der Waals surface area (Å²) in [6.45, 7) is 1.97. The van der Waals surface area contributed by atoms with Gasteiger partial charge in [-0.25, -0.2) is 9.97 Å². The Labute approximate surface area is 101 Å². The molecule has 2 rings (SSSR count). The average Bonchev–Trinajstić information content (AvgIpc) is 2.40. The Morgan fingerprint density at radius 3 is 3.06 bits per heavy atom. The van der Waals surface area contributed by atoms with Crippen LogP contribution < -0.4 is 10.1 Å². The van der Waals surface area contributed by atoms with Gasteiger partial charge in [0.15, 0.2) is 11.5 Å². The zero-order chi connectivity index (χ0) is 12.1. The number of methoxy groups -OCH3 is 1. The molecular formula is C12H17N3O2. The van der Waals surface area contributed by atoms with Crippen molar-refractivity contribution in [2.24, 2.45) is 5.92 Å². The van der Waals surface area contributed by atoms with Crippen molar-refractivity contribution in [1.82, 2.24) is 15.3 Å². The molecule has 17 heavy (non-hydrogen) atoms. The Balaban J connectivity index is 2.03. The van der Waals surface area contributed by atoms with Crippen LogP contribution in [0.3, 0.4) is 0 Å². The van der Waals surface area contributed by atoms with Crippen molar-refractivity contribution in [3.63, 3.8) is 0 Å². The lowest BCUT2D eigenvalue weighted by Gasteiger charge is -2.21. The Morgan fingerprint density at radius 1 is 1.53 bits per heavy atom. The molecule has 1 unspecified atom stereocenters. The van der Waals surface area contributed by atoms with Gasteiger partial charge < -0.3 is 10.1 Å². The number of piperidine rings is 1. The van der Waals surface area contributed by atoms with Crippen molar-refractivity contribution < 1.29 is 9.53 Å². The zero-order valence-corrected chi connectivity index (χ0v) is 9.98. The van der Waals surface area contributed by atoms with Crippen molar-refractivity contribution in [1.29, 1.82) is 0 Å². The average molecular weight is 235 g/mol. The first kappa shape index (κ1) is 12.0. The van der Waals surface area contributed by atoms with Crippen LogP contribution in [0.4, 0.5) is 0 Å². The number of carbonyl (C=O) groups is 1. The number of hydrogen-bond acceptors (Lipinski definition) is 5. The minimum atomic E-state index is 0.0173. The fourth-order valence-corrected chi connectivity index (χ4v) is 2.12. The number of ether oxygens (including phenoxy) is 1. The van der Waals surface area contributed by atoms with Gasteiger partial charge in [0, 0.05) is 18.8 Å². The van der Waals surface area contributed by atoms with Crippen LogP contribution in [0.15, 0.2) is 12.4 Å². The van der Waals surface area contributed by atoms with Gasteiger partial charge in [-0.1, -0.05) is 0 Å². The van der Waals surface area contributed by atoms with E-state index in [1.807, 2.05) is 0 Å². The van der Waals surface area contributed by atoms with Gasteiger partial charge in [-0.05, 0) is 31.8 Å². The molecule has 5 nitrogen and oxygen atoms in total. The maximum absolute atomic E-state index is 12.1. The van der Waals surface area contributed by atoms with E-state index in [9.17, 15) is 4.79 Å². The summed E-state index contributed by atoms with van der Waals surface area (Å²) in [4.78, 5) is 20.1. The number of nitrogens with one attached hydrogen (secondary N) is 1. The van der Waals surface area contributed by atoms with Gasteiger partial charge in [0.2, 0.25) is 5.88 Å². The van der Waals surface area contributed by atoms with Crippen LogP contribution in [-0.2, 0) is 0 Å². The first-order valence-electron chi connectivity index (χ1n) is 5.90. The van der Waals surface area contributed by atoms with Crippen LogP contribution in [0.25, 0.3) is 0 Å². The number of rotatable bonds is 4. The smallest absolute Gasteiger partial charge is 0.243 e. The Hall–Kier alpha value is -1.49. The summed E-state index contributed by atoms with van der Waals surface area (Å²) in [5.74, 6) is 0.743. The molecular weight excluding hydrogens is 218 g/mol. The molecule has 1 aliphatic rings. The Bertz CT molecular complexity index is 389. The molecule has 0 radical (unpaired) electrons. The highest BCUT2D eigenvalue weighted by atomic mass is 16.5. The number of hydrogen-bond donors (Lipinski definition) is 1. The molecule has 1 aromatic heterocycles. The number of carbonyl (C=O) groups excluding carboxylic acids is 1. The Morgan fingerprint density at radius 2 is 2.35 bits per heavy atom. The Kier molecular flexibility index (Phi) is 4.03. The van der Waals surface area contributed by atoms with Crippen molar-refractivity contribution in [2.75, 3.05) is 20.2 Å². The van der Waals surface area contributed by atoms with Crippen LogP contribution in [0, 0.1) is 5.92 Å². The highest BCUT2D eigenvalue weighted by molar-refractivity contribution is 5.96. The first-order valence-corrected chi connectivity index (χ1v) is 5.90. The normalized spacial score (nSPS) is 19.9. The van der Waals surface area contributed by atoms with Crippen molar-refractivity contribution in [3.8, 4) is 5.88 Å². The third-order valence-electron chi connectivity index (χ3n) is 3.00. The first-order chi connectivity index (χ1) is 8.31. The standard InChI is InChI=1S/C12H17N3O2/c1-17-12-11(14-5-6-15-12)10(16)7-9-3-2-4-13-8-9/h5-6,9,13H,2-4,7-8H2,1H3. The predicted molar refractivity (Wildman–Crippen MR) is 63.1 cm³/mol. The van der Waals surface area contributed by atoms with Crippen LogP contribution in [0.2, 0.25) is 0 Å². The summed E-state index contributed by atoms with van der Waals surface area (Å²) < 4.78 is 5.05. The fourth-order valence-electron chi connectivity index (χ4n) is 2.12. The molecule has 1 fully saturated rings. The second kappa shape index (κ2) is 5.72. The van der Waals surface area contributed by atoms with E-state index in [0.29, 0.717) is 23.9 Å². The highest BCUT2D eigenvalue weighted by Crippen LogP contribution is 2.19. The van der Waals surface area contributed by atoms with Gasteiger partial charge in [0.1, 0.15) is 0 Å². The number of nitrogens with zero attached hydrogens (tertiary/aromatic N) is 2. The van der Waals surface area contributed by atoms with Gasteiger partial charge in [-0.3, -0.25) is 4.79 Å². The predicted octanol–water partition coefficient (Wildman–Crippen LogP) is 1.06. The summed E-state index contributed by atoms with van der Waals surface area (Å²) in [5.41, 5.74) is 0.348. The molecule has 1 saturated heterocycles. The summed E-state index contributed by atoms with van der Waals surface area (Å²) in [7, 11) is 1.50. The lowest BCUT2D eigenvalue weighted by atomic mass is 9.93. The molecule has 0 amide bonds. The van der Waals surface area contributed by atoms with E-state index in [-0.39, 0.29) is 5.78 Å². The number of aromatic nitrogens is 2. The molecule has 5 heteroatoms. The second-order valence-corrected chi connectivity index (χ2v) is 4.25. The summed E-state index contributed by atoms with van der Waals surface area (Å²) in [6.07, 6.45) is 5.80. The molecule has 0 aliphatic carbocycles. The van der Waals surface area contributed by atoms with E-state index in [1.54, 1.807) is 0 Å². The molecule has 1 N–H and O–H groups in total. The molecule has 0 saturated carbocycles. The second-order valence-electron chi connectivity index (χ2n) is 4.25. The van der Waals surface area contributed by atoms with Crippen LogP contribution in [0.5, 0.6) is 5.88 Å². The van der Waals surface area contributed by atoms with E-state index in [4.69, 9.17) is 4.74 Å². The maximum Gasteiger partial charge on any atom is 0.243 e. The van der Waals surface area contributed by atoms with E-state index in [2.05, 4.69) is 15.3 Å². The third kappa shape index (κ3) is 3.00. The molecule has 1 atom stereocenters. The van der Waals surface area contributed by atoms with Crippen LogP contribution in [0.1, 0.15) is 29.8 Å². The summed E-state index contributed by atoms with van der Waals surface area (Å²) in [5, 5.41) is 3.30. The SMILES string of the molecule is COc1nccnc1C(=O)CC1CCCNC1. The molecule has 2 heterocycles. The van der Waals surface area contributed by atoms with Crippen LogP contribution in [-0.4, -0.2) is 36.0 Å².